The largest absolute Gasteiger partial charge is 0.398 e. The van der Waals surface area contributed by atoms with E-state index in [-0.39, 0.29) is 5.78 Å². The Labute approximate surface area is 108 Å². The molecule has 2 rings (SSSR count). The topological polar surface area (TPSA) is 49.6 Å². The first-order valence-corrected chi connectivity index (χ1v) is 6.36. The zero-order chi connectivity index (χ0) is 13.1. The summed E-state index contributed by atoms with van der Waals surface area (Å²) < 4.78 is 0. The van der Waals surface area contributed by atoms with Crippen molar-refractivity contribution in [2.75, 3.05) is 39.0 Å². The molecule has 4 nitrogen and oxygen atoms in total. The number of nitrogen functional groups attached to an aromatic ring is 1. The first-order chi connectivity index (χ1) is 8.56. The van der Waals surface area contributed by atoms with Crippen molar-refractivity contribution in [1.29, 1.82) is 0 Å². The molecule has 1 heterocycles. The van der Waals surface area contributed by atoms with Gasteiger partial charge in [0.25, 0.3) is 0 Å². The van der Waals surface area contributed by atoms with E-state index >= 15 is 0 Å². The van der Waals surface area contributed by atoms with E-state index in [4.69, 9.17) is 5.73 Å². The van der Waals surface area contributed by atoms with E-state index in [0.29, 0.717) is 0 Å². The molecular formula is C14H21N3O. The van der Waals surface area contributed by atoms with Crippen molar-refractivity contribution in [3.63, 3.8) is 0 Å². The van der Waals surface area contributed by atoms with Crippen LogP contribution in [0.3, 0.4) is 0 Å². The molecule has 0 radical (unpaired) electrons. The maximum atomic E-state index is 11.4. The Kier molecular flexibility index (Phi) is 3.99. The number of piperazine rings is 1. The highest BCUT2D eigenvalue weighted by Gasteiger charge is 2.15. The van der Waals surface area contributed by atoms with Crippen LogP contribution in [0.15, 0.2) is 18.2 Å². The number of hydrogen-bond donors (Lipinski definition) is 1. The highest BCUT2D eigenvalue weighted by atomic mass is 16.1. The predicted molar refractivity (Wildman–Crippen MR) is 73.6 cm³/mol. The van der Waals surface area contributed by atoms with Crippen LogP contribution in [0.5, 0.6) is 0 Å². The Balaban J connectivity index is 2.08. The molecule has 18 heavy (non-hydrogen) atoms. The highest BCUT2D eigenvalue weighted by Crippen LogP contribution is 2.17. The van der Waals surface area contributed by atoms with Crippen LogP contribution in [0.25, 0.3) is 0 Å². The number of ketones is 1. The van der Waals surface area contributed by atoms with Crippen molar-refractivity contribution in [3.8, 4) is 0 Å². The molecule has 1 aliphatic rings. The molecule has 2 N–H and O–H groups in total. The lowest BCUT2D eigenvalue weighted by molar-refractivity contribution is 0.101. The second-order valence-corrected chi connectivity index (χ2v) is 5.05. The van der Waals surface area contributed by atoms with Gasteiger partial charge in [-0.05, 0) is 37.7 Å². The molecule has 0 aromatic heterocycles. The first-order valence-electron chi connectivity index (χ1n) is 6.36. The number of nitrogens with two attached hydrogens (primary N) is 1. The first kappa shape index (κ1) is 13.1. The molecule has 0 atom stereocenters. The number of carbonyl (C=O) groups excluding carboxylic acids is 1. The smallest absolute Gasteiger partial charge is 0.159 e. The van der Waals surface area contributed by atoms with Crippen LogP contribution in [-0.4, -0.2) is 48.8 Å². The molecule has 1 aromatic carbocycles. The molecular weight excluding hydrogens is 226 g/mol. The Bertz CT molecular complexity index is 437. The summed E-state index contributed by atoms with van der Waals surface area (Å²) in [6, 6.07) is 5.56. The second-order valence-electron chi connectivity index (χ2n) is 5.05. The third-order valence-electron chi connectivity index (χ3n) is 3.54. The van der Waals surface area contributed by atoms with Crippen molar-refractivity contribution < 1.29 is 4.79 Å². The van der Waals surface area contributed by atoms with Crippen molar-refractivity contribution in [3.05, 3.63) is 29.3 Å². The molecule has 1 saturated heterocycles. The van der Waals surface area contributed by atoms with Gasteiger partial charge in [-0.3, -0.25) is 9.69 Å². The van der Waals surface area contributed by atoms with E-state index in [9.17, 15) is 4.79 Å². The molecule has 0 amide bonds. The standard InChI is InChI=1S/C14H21N3O/c1-11(18)12-3-4-14(15)13(9-12)10-17-7-5-16(2)6-8-17/h3-4,9H,5-8,10,15H2,1-2H3. The molecule has 1 fully saturated rings. The van der Waals surface area contributed by atoms with Gasteiger partial charge in [0.15, 0.2) is 5.78 Å². The van der Waals surface area contributed by atoms with Crippen molar-refractivity contribution >= 4 is 11.5 Å². The number of Topliss-reactive ketones (excluding diaryl/α,β-unsaturated/α-hetero) is 1. The maximum absolute atomic E-state index is 11.4. The van der Waals surface area contributed by atoms with E-state index in [0.717, 1.165) is 49.5 Å². The number of carbonyl (C=O) groups is 1. The molecule has 0 aliphatic carbocycles. The van der Waals surface area contributed by atoms with Gasteiger partial charge in [-0.15, -0.1) is 0 Å². The Hall–Kier alpha value is -1.39. The summed E-state index contributed by atoms with van der Waals surface area (Å²) >= 11 is 0. The van der Waals surface area contributed by atoms with Crippen molar-refractivity contribution in [1.82, 2.24) is 9.80 Å². The number of anilines is 1. The second kappa shape index (κ2) is 5.50. The van der Waals surface area contributed by atoms with Gasteiger partial charge in [0, 0.05) is 44.0 Å². The van der Waals surface area contributed by atoms with Crippen molar-refractivity contribution in [2.24, 2.45) is 0 Å². The number of rotatable bonds is 3. The van der Waals surface area contributed by atoms with Crippen LogP contribution in [0.1, 0.15) is 22.8 Å². The summed E-state index contributed by atoms with van der Waals surface area (Å²) in [7, 11) is 2.14. The molecule has 0 bridgehead atoms. The minimum atomic E-state index is 0.0922. The third kappa shape index (κ3) is 3.09. The molecule has 4 heteroatoms. The van der Waals surface area contributed by atoms with Gasteiger partial charge >= 0.3 is 0 Å². The van der Waals surface area contributed by atoms with Crippen LogP contribution in [0.4, 0.5) is 5.69 Å². The Morgan fingerprint density at radius 3 is 2.56 bits per heavy atom. The van der Waals surface area contributed by atoms with Crippen LogP contribution >= 0.6 is 0 Å². The van der Waals surface area contributed by atoms with Gasteiger partial charge in [-0.1, -0.05) is 0 Å². The van der Waals surface area contributed by atoms with Gasteiger partial charge in [-0.25, -0.2) is 0 Å². The average Bonchev–Trinajstić information content (AvgIpc) is 2.34. The minimum Gasteiger partial charge on any atom is -0.398 e. The quantitative estimate of drug-likeness (QED) is 0.644. The number of nitrogens with zero attached hydrogens (tertiary/aromatic N) is 2. The Morgan fingerprint density at radius 2 is 1.94 bits per heavy atom. The zero-order valence-electron chi connectivity index (χ0n) is 11.1. The molecule has 0 spiro atoms. The van der Waals surface area contributed by atoms with E-state index in [1.807, 2.05) is 12.1 Å². The Morgan fingerprint density at radius 1 is 1.28 bits per heavy atom. The van der Waals surface area contributed by atoms with Crippen LogP contribution in [-0.2, 0) is 6.54 Å². The van der Waals surface area contributed by atoms with E-state index in [2.05, 4.69) is 16.8 Å². The number of hydrogen-bond acceptors (Lipinski definition) is 4. The molecule has 1 aliphatic heterocycles. The van der Waals surface area contributed by atoms with E-state index in [1.54, 1.807) is 13.0 Å². The third-order valence-corrected chi connectivity index (χ3v) is 3.54. The summed E-state index contributed by atoms with van der Waals surface area (Å²) in [5, 5.41) is 0. The average molecular weight is 247 g/mol. The van der Waals surface area contributed by atoms with E-state index < -0.39 is 0 Å². The highest BCUT2D eigenvalue weighted by molar-refractivity contribution is 5.94. The molecule has 0 unspecified atom stereocenters. The molecule has 1 aromatic rings. The number of benzene rings is 1. The lowest BCUT2D eigenvalue weighted by Crippen LogP contribution is -2.43. The molecule has 0 saturated carbocycles. The van der Waals surface area contributed by atoms with Gasteiger partial charge in [0.2, 0.25) is 0 Å². The molecule has 98 valence electrons. The summed E-state index contributed by atoms with van der Waals surface area (Å²) in [5.74, 6) is 0.0922. The summed E-state index contributed by atoms with van der Waals surface area (Å²) in [5.41, 5.74) is 8.57. The van der Waals surface area contributed by atoms with Crippen molar-refractivity contribution in [2.45, 2.75) is 13.5 Å². The fraction of sp³-hybridized carbons (Fsp3) is 0.500. The van der Waals surface area contributed by atoms with Gasteiger partial charge < -0.3 is 10.6 Å². The van der Waals surface area contributed by atoms with Crippen LogP contribution in [0, 0.1) is 0 Å². The minimum absolute atomic E-state index is 0.0922. The zero-order valence-corrected chi connectivity index (χ0v) is 11.1. The summed E-state index contributed by atoms with van der Waals surface area (Å²) in [6.45, 7) is 6.71. The van der Waals surface area contributed by atoms with Crippen LogP contribution < -0.4 is 5.73 Å². The fourth-order valence-electron chi connectivity index (χ4n) is 2.21. The van der Waals surface area contributed by atoms with Gasteiger partial charge in [0.1, 0.15) is 0 Å². The fourth-order valence-corrected chi connectivity index (χ4v) is 2.21. The summed E-state index contributed by atoms with van der Waals surface area (Å²) in [4.78, 5) is 16.1. The normalized spacial score (nSPS) is 17.9. The van der Waals surface area contributed by atoms with E-state index in [1.165, 1.54) is 0 Å². The predicted octanol–water partition coefficient (Wildman–Crippen LogP) is 1.22. The van der Waals surface area contributed by atoms with Gasteiger partial charge in [0.05, 0.1) is 0 Å². The maximum Gasteiger partial charge on any atom is 0.159 e. The van der Waals surface area contributed by atoms with Gasteiger partial charge in [-0.2, -0.15) is 0 Å². The van der Waals surface area contributed by atoms with Crippen LogP contribution in [0.2, 0.25) is 0 Å². The lowest BCUT2D eigenvalue weighted by atomic mass is 10.1. The lowest BCUT2D eigenvalue weighted by Gasteiger charge is -2.32. The number of likely N-dealkylation sites (N-methyl/N-ethyl adjacent to an activating group) is 1. The monoisotopic (exact) mass is 247 g/mol. The summed E-state index contributed by atoms with van der Waals surface area (Å²) in [6.07, 6.45) is 0. The SMILES string of the molecule is CC(=O)c1ccc(N)c(CN2CCN(C)CC2)c1.